The minimum atomic E-state index is -0.803. The van der Waals surface area contributed by atoms with Gasteiger partial charge in [0.2, 0.25) is 0 Å². The van der Waals surface area contributed by atoms with E-state index in [0.29, 0.717) is 30.0 Å². The quantitative estimate of drug-likeness (QED) is 0.397. The zero-order valence-corrected chi connectivity index (χ0v) is 18.0. The Kier molecular flexibility index (Phi) is 7.07. The van der Waals surface area contributed by atoms with Crippen LogP contribution >= 0.6 is 0 Å². The Balaban J connectivity index is 2.10. The Labute approximate surface area is 181 Å². The van der Waals surface area contributed by atoms with Crippen LogP contribution in [-0.2, 0) is 9.59 Å². The number of likely N-dealkylation sites (tertiary alicyclic amines) is 1. The highest BCUT2D eigenvalue weighted by Gasteiger charge is 2.46. The number of ether oxygens (including phenoxy) is 1. The van der Waals surface area contributed by atoms with E-state index >= 15 is 0 Å². The Morgan fingerprint density at radius 1 is 1.13 bits per heavy atom. The number of ketones is 1. The average Bonchev–Trinajstić information content (AvgIpc) is 3.04. The number of aliphatic hydroxyl groups is 1. The molecule has 1 atom stereocenters. The molecule has 2 aromatic rings. The second-order valence-corrected chi connectivity index (χ2v) is 7.30. The molecule has 1 amide bonds. The number of hydrogen-bond acceptors (Lipinski definition) is 5. The highest BCUT2D eigenvalue weighted by molar-refractivity contribution is 6.46. The maximum atomic E-state index is 13.5. The van der Waals surface area contributed by atoms with Gasteiger partial charge in [0.05, 0.1) is 18.7 Å². The predicted molar refractivity (Wildman–Crippen MR) is 116 cm³/mol. The van der Waals surface area contributed by atoms with Crippen molar-refractivity contribution in [3.63, 3.8) is 0 Å². The fourth-order valence-electron chi connectivity index (χ4n) is 3.82. The van der Waals surface area contributed by atoms with Crippen molar-refractivity contribution in [1.29, 1.82) is 0 Å². The van der Waals surface area contributed by atoms with E-state index in [2.05, 4.69) is 4.90 Å². The van der Waals surface area contributed by atoms with E-state index in [4.69, 9.17) is 4.74 Å². The summed E-state index contributed by atoms with van der Waals surface area (Å²) < 4.78 is 18.8. The van der Waals surface area contributed by atoms with Gasteiger partial charge >= 0.3 is 0 Å². The molecule has 0 radical (unpaired) electrons. The summed E-state index contributed by atoms with van der Waals surface area (Å²) in [7, 11) is 1.50. The summed E-state index contributed by atoms with van der Waals surface area (Å²) >= 11 is 0. The molecule has 3 rings (SSSR count). The zero-order valence-electron chi connectivity index (χ0n) is 18.0. The topological polar surface area (TPSA) is 70.1 Å². The number of aliphatic hydroxyl groups excluding tert-OH is 1. The number of hydrogen-bond donors (Lipinski definition) is 1. The Hall–Kier alpha value is -3.19. The number of nitrogens with zero attached hydrogens (tertiary/aromatic N) is 2. The minimum Gasteiger partial charge on any atom is -0.507 e. The molecule has 0 aromatic heterocycles. The molecule has 1 saturated heterocycles. The van der Waals surface area contributed by atoms with Gasteiger partial charge in [-0.1, -0.05) is 38.1 Å². The SMILES string of the molecule is CCN(CC)CCN1C(=O)C(=O)C(=C(O)c2cccc(OC)c2)C1c1ccc(F)cc1. The lowest BCUT2D eigenvalue weighted by molar-refractivity contribution is -0.140. The molecule has 1 aliphatic heterocycles. The van der Waals surface area contributed by atoms with Crippen molar-refractivity contribution in [2.24, 2.45) is 0 Å². The number of carbonyl (C=O) groups is 2. The lowest BCUT2D eigenvalue weighted by Crippen LogP contribution is -2.38. The van der Waals surface area contributed by atoms with Crippen LogP contribution in [0.2, 0.25) is 0 Å². The van der Waals surface area contributed by atoms with Crippen LogP contribution in [0, 0.1) is 5.82 Å². The van der Waals surface area contributed by atoms with Gasteiger partial charge < -0.3 is 19.6 Å². The molecular weight excluding hydrogens is 399 g/mol. The molecule has 6 nitrogen and oxygen atoms in total. The van der Waals surface area contributed by atoms with Crippen molar-refractivity contribution in [3.05, 3.63) is 71.0 Å². The van der Waals surface area contributed by atoms with Gasteiger partial charge in [-0.2, -0.15) is 0 Å². The first-order valence-corrected chi connectivity index (χ1v) is 10.3. The number of halogens is 1. The number of benzene rings is 2. The Morgan fingerprint density at radius 2 is 1.81 bits per heavy atom. The fourth-order valence-corrected chi connectivity index (χ4v) is 3.82. The summed E-state index contributed by atoms with van der Waals surface area (Å²) in [5, 5.41) is 11.0. The summed E-state index contributed by atoms with van der Waals surface area (Å²) in [5.41, 5.74) is 0.919. The van der Waals surface area contributed by atoms with Crippen LogP contribution in [0.15, 0.2) is 54.1 Å². The lowest BCUT2D eigenvalue weighted by Gasteiger charge is -2.28. The van der Waals surface area contributed by atoms with Crippen LogP contribution < -0.4 is 4.74 Å². The number of carbonyl (C=O) groups excluding carboxylic acids is 2. The molecule has 164 valence electrons. The smallest absolute Gasteiger partial charge is 0.295 e. The maximum absolute atomic E-state index is 13.5. The van der Waals surface area contributed by atoms with Crippen molar-refractivity contribution in [3.8, 4) is 5.75 Å². The lowest BCUT2D eigenvalue weighted by atomic mass is 9.95. The fraction of sp³-hybridized carbons (Fsp3) is 0.333. The third-order valence-corrected chi connectivity index (χ3v) is 5.62. The van der Waals surface area contributed by atoms with Gasteiger partial charge in [0, 0.05) is 18.7 Å². The molecule has 1 fully saturated rings. The van der Waals surface area contributed by atoms with Crippen molar-refractivity contribution in [2.75, 3.05) is 33.3 Å². The van der Waals surface area contributed by atoms with Crippen molar-refractivity contribution in [1.82, 2.24) is 9.80 Å². The van der Waals surface area contributed by atoms with Gasteiger partial charge in [0.15, 0.2) is 0 Å². The second-order valence-electron chi connectivity index (χ2n) is 7.30. The van der Waals surface area contributed by atoms with Crippen LogP contribution in [0.5, 0.6) is 5.75 Å². The molecule has 1 aliphatic rings. The summed E-state index contributed by atoms with van der Waals surface area (Å²) in [6, 6.07) is 11.5. The summed E-state index contributed by atoms with van der Waals surface area (Å²) in [4.78, 5) is 29.5. The summed E-state index contributed by atoms with van der Waals surface area (Å²) in [6.07, 6.45) is 0. The normalized spacial score (nSPS) is 18.1. The number of rotatable bonds is 8. The molecule has 0 saturated carbocycles. The van der Waals surface area contributed by atoms with Crippen molar-refractivity contribution >= 4 is 17.4 Å². The van der Waals surface area contributed by atoms with E-state index in [-0.39, 0.29) is 11.3 Å². The van der Waals surface area contributed by atoms with E-state index in [1.807, 2.05) is 13.8 Å². The van der Waals surface area contributed by atoms with Crippen molar-refractivity contribution in [2.45, 2.75) is 19.9 Å². The Bertz CT molecular complexity index is 983. The zero-order chi connectivity index (χ0) is 22.5. The minimum absolute atomic E-state index is 0.00981. The van der Waals surface area contributed by atoms with E-state index < -0.39 is 23.5 Å². The van der Waals surface area contributed by atoms with Gasteiger partial charge in [-0.15, -0.1) is 0 Å². The van der Waals surface area contributed by atoms with E-state index in [1.165, 1.54) is 36.3 Å². The number of likely N-dealkylation sites (N-methyl/N-ethyl adjacent to an activating group) is 1. The maximum Gasteiger partial charge on any atom is 0.295 e. The highest BCUT2D eigenvalue weighted by Crippen LogP contribution is 2.39. The standard InChI is InChI=1S/C24H27FN2O4/c1-4-26(5-2)13-14-27-21(16-9-11-18(25)12-10-16)20(23(29)24(27)30)22(28)17-7-6-8-19(15-17)31-3/h6-12,15,21,28H,4-5,13-14H2,1-3H3. The molecule has 2 aromatic carbocycles. The monoisotopic (exact) mass is 426 g/mol. The molecule has 0 spiro atoms. The van der Waals surface area contributed by atoms with Crippen LogP contribution in [0.4, 0.5) is 4.39 Å². The van der Waals surface area contributed by atoms with Crippen LogP contribution in [0.3, 0.4) is 0 Å². The van der Waals surface area contributed by atoms with Crippen molar-refractivity contribution < 1.29 is 23.8 Å². The molecule has 0 aliphatic carbocycles. The Morgan fingerprint density at radius 3 is 2.42 bits per heavy atom. The number of amides is 1. The van der Waals surface area contributed by atoms with Gasteiger partial charge in [0.1, 0.15) is 17.3 Å². The third kappa shape index (κ3) is 4.61. The molecule has 1 N–H and O–H groups in total. The number of methoxy groups -OCH3 is 1. The van der Waals surface area contributed by atoms with Gasteiger partial charge in [-0.3, -0.25) is 9.59 Å². The van der Waals surface area contributed by atoms with Crippen LogP contribution in [-0.4, -0.2) is 59.9 Å². The number of Topliss-reactive ketones (excluding diaryl/α,β-unsaturated/α-hetero) is 1. The first-order chi connectivity index (χ1) is 14.9. The van der Waals surface area contributed by atoms with Gasteiger partial charge in [-0.05, 0) is 42.9 Å². The van der Waals surface area contributed by atoms with Gasteiger partial charge in [-0.25, -0.2) is 4.39 Å². The van der Waals surface area contributed by atoms with E-state index in [1.54, 1.807) is 24.3 Å². The van der Waals surface area contributed by atoms with Gasteiger partial charge in [0.25, 0.3) is 11.7 Å². The molecule has 1 heterocycles. The second kappa shape index (κ2) is 9.75. The molecule has 31 heavy (non-hydrogen) atoms. The predicted octanol–water partition coefficient (Wildman–Crippen LogP) is 3.60. The van der Waals surface area contributed by atoms with E-state index in [0.717, 1.165) is 13.1 Å². The van der Waals surface area contributed by atoms with Crippen LogP contribution in [0.25, 0.3) is 5.76 Å². The first-order valence-electron chi connectivity index (χ1n) is 10.3. The van der Waals surface area contributed by atoms with E-state index in [9.17, 15) is 19.1 Å². The highest BCUT2D eigenvalue weighted by atomic mass is 19.1. The summed E-state index contributed by atoms with van der Waals surface area (Å²) in [5.74, 6) is -1.62. The third-order valence-electron chi connectivity index (χ3n) is 5.62. The molecule has 7 heteroatoms. The molecule has 1 unspecified atom stereocenters. The molecular formula is C24H27FN2O4. The average molecular weight is 426 g/mol. The largest absolute Gasteiger partial charge is 0.507 e. The summed E-state index contributed by atoms with van der Waals surface area (Å²) in [6.45, 7) is 6.56. The van der Waals surface area contributed by atoms with Crippen LogP contribution in [0.1, 0.15) is 31.0 Å². The molecule has 0 bridgehead atoms. The first kappa shape index (κ1) is 22.5.